The van der Waals surface area contributed by atoms with E-state index in [4.69, 9.17) is 11.6 Å². The lowest BCUT2D eigenvalue weighted by molar-refractivity contribution is 0.569. The molecule has 2 rings (SSSR count). The number of hydrogen-bond acceptors (Lipinski definition) is 3. The number of hydrogen-bond donors (Lipinski definition) is 1. The van der Waals surface area contributed by atoms with Crippen LogP contribution in [0.5, 0.6) is 0 Å². The Balaban J connectivity index is 2.20. The highest BCUT2D eigenvalue weighted by Gasteiger charge is 2.17. The molecule has 0 saturated heterocycles. The summed E-state index contributed by atoms with van der Waals surface area (Å²) in [7, 11) is 3.97. The van der Waals surface area contributed by atoms with Crippen LogP contribution in [0.15, 0.2) is 17.5 Å². The predicted octanol–water partition coefficient (Wildman–Crippen LogP) is 3.20. The molecular weight excluding hydrogens is 266 g/mol. The van der Waals surface area contributed by atoms with Gasteiger partial charge in [-0.25, -0.2) is 0 Å². The summed E-state index contributed by atoms with van der Waals surface area (Å²) in [6, 6.07) is 4.37. The van der Waals surface area contributed by atoms with Crippen LogP contribution < -0.4 is 5.32 Å². The van der Waals surface area contributed by atoms with E-state index >= 15 is 0 Å². The molecule has 2 aromatic rings. The van der Waals surface area contributed by atoms with Gasteiger partial charge in [0.1, 0.15) is 0 Å². The zero-order chi connectivity index (χ0) is 13.1. The Labute approximate surface area is 117 Å². The first-order valence-electron chi connectivity index (χ1n) is 6.07. The minimum absolute atomic E-state index is 0.248. The molecule has 0 aliphatic heterocycles. The number of likely N-dealkylation sites (N-methyl/N-ethyl adjacent to an activating group) is 1. The average molecular weight is 284 g/mol. The van der Waals surface area contributed by atoms with Gasteiger partial charge in [0.25, 0.3) is 0 Å². The third kappa shape index (κ3) is 2.76. The smallest absolute Gasteiger partial charge is 0.0624 e. The molecule has 0 bridgehead atoms. The van der Waals surface area contributed by atoms with Crippen molar-refractivity contribution in [3.63, 3.8) is 0 Å². The van der Waals surface area contributed by atoms with Crippen molar-refractivity contribution in [3.8, 4) is 0 Å². The molecule has 5 heteroatoms. The van der Waals surface area contributed by atoms with E-state index in [1.165, 1.54) is 10.6 Å². The lowest BCUT2D eigenvalue weighted by Gasteiger charge is -2.15. The first kappa shape index (κ1) is 13.6. The second kappa shape index (κ2) is 5.87. The van der Waals surface area contributed by atoms with Crippen LogP contribution in [0.1, 0.15) is 29.2 Å². The Bertz CT molecular complexity index is 518. The van der Waals surface area contributed by atoms with Gasteiger partial charge in [-0.15, -0.1) is 11.3 Å². The highest BCUT2D eigenvalue weighted by atomic mass is 35.5. The van der Waals surface area contributed by atoms with E-state index in [9.17, 15) is 0 Å². The summed E-state index contributed by atoms with van der Waals surface area (Å²) in [5, 5.41) is 10.7. The number of rotatable bonds is 5. The second-order valence-electron chi connectivity index (χ2n) is 4.28. The zero-order valence-corrected chi connectivity index (χ0v) is 12.5. The van der Waals surface area contributed by atoms with Gasteiger partial charge in [0.15, 0.2) is 0 Å². The van der Waals surface area contributed by atoms with Crippen LogP contribution >= 0.6 is 22.9 Å². The van der Waals surface area contributed by atoms with Crippen molar-refractivity contribution < 1.29 is 0 Å². The molecule has 0 amide bonds. The Hall–Kier alpha value is -0.840. The molecule has 1 unspecified atom stereocenters. The molecule has 1 atom stereocenters. The molecule has 18 heavy (non-hydrogen) atoms. The number of halogens is 1. The van der Waals surface area contributed by atoms with Gasteiger partial charge in [-0.1, -0.05) is 18.5 Å². The molecule has 98 valence electrons. The van der Waals surface area contributed by atoms with Crippen molar-refractivity contribution in [3.05, 3.63) is 38.8 Å². The van der Waals surface area contributed by atoms with Crippen LogP contribution in [0.2, 0.25) is 5.02 Å². The van der Waals surface area contributed by atoms with Gasteiger partial charge in [-0.3, -0.25) is 4.68 Å². The topological polar surface area (TPSA) is 29.9 Å². The molecule has 0 aromatic carbocycles. The molecule has 2 aromatic heterocycles. The summed E-state index contributed by atoms with van der Waals surface area (Å²) >= 11 is 7.90. The fraction of sp³-hybridized carbons (Fsp3) is 0.462. The first-order valence-corrected chi connectivity index (χ1v) is 7.33. The summed E-state index contributed by atoms with van der Waals surface area (Å²) in [4.78, 5) is 1.19. The molecule has 0 aliphatic rings. The summed E-state index contributed by atoms with van der Waals surface area (Å²) in [5.41, 5.74) is 2.37. The number of nitrogens with one attached hydrogen (secondary N) is 1. The van der Waals surface area contributed by atoms with Crippen LogP contribution in [-0.2, 0) is 19.9 Å². The van der Waals surface area contributed by atoms with Gasteiger partial charge in [0.05, 0.1) is 10.7 Å². The highest BCUT2D eigenvalue weighted by molar-refractivity contribution is 7.10. The van der Waals surface area contributed by atoms with Crippen molar-refractivity contribution >= 4 is 22.9 Å². The summed E-state index contributed by atoms with van der Waals surface area (Å²) in [6.07, 6.45) is 1.87. The van der Waals surface area contributed by atoms with Gasteiger partial charge >= 0.3 is 0 Å². The van der Waals surface area contributed by atoms with Crippen LogP contribution in [-0.4, -0.2) is 16.8 Å². The van der Waals surface area contributed by atoms with E-state index in [-0.39, 0.29) is 6.04 Å². The predicted molar refractivity (Wildman–Crippen MR) is 77.4 cm³/mol. The van der Waals surface area contributed by atoms with Crippen LogP contribution in [0.3, 0.4) is 0 Å². The number of thiophene rings is 1. The second-order valence-corrected chi connectivity index (χ2v) is 5.64. The maximum atomic E-state index is 6.20. The van der Waals surface area contributed by atoms with E-state index < -0.39 is 0 Å². The maximum Gasteiger partial charge on any atom is 0.0624 e. The number of aromatic nitrogens is 2. The molecule has 0 fully saturated rings. The standard InChI is InChI=1S/C13H18ClN3S/c1-4-9-7-10(17(3)16-9)8-12(15-2)13-11(14)5-6-18-13/h5-7,12,15H,4,8H2,1-3H3. The van der Waals surface area contributed by atoms with Crippen molar-refractivity contribution in [1.29, 1.82) is 0 Å². The van der Waals surface area contributed by atoms with Crippen LogP contribution in [0, 0.1) is 0 Å². The Morgan fingerprint density at radius 1 is 1.56 bits per heavy atom. The molecule has 0 aliphatic carbocycles. The van der Waals surface area contributed by atoms with Crippen LogP contribution in [0.25, 0.3) is 0 Å². The third-order valence-electron chi connectivity index (χ3n) is 3.11. The summed E-state index contributed by atoms with van der Waals surface area (Å²) in [6.45, 7) is 2.12. The Kier molecular flexibility index (Phi) is 4.43. The normalized spacial score (nSPS) is 12.9. The molecule has 0 spiro atoms. The Morgan fingerprint density at radius 2 is 2.33 bits per heavy atom. The molecule has 3 nitrogen and oxygen atoms in total. The number of nitrogens with zero attached hydrogens (tertiary/aromatic N) is 2. The molecule has 2 heterocycles. The van der Waals surface area contributed by atoms with E-state index in [1.54, 1.807) is 11.3 Å². The molecule has 1 N–H and O–H groups in total. The first-order chi connectivity index (χ1) is 8.65. The highest BCUT2D eigenvalue weighted by Crippen LogP contribution is 2.30. The quantitative estimate of drug-likeness (QED) is 0.913. The fourth-order valence-corrected chi connectivity index (χ4v) is 3.32. The Morgan fingerprint density at radius 3 is 2.83 bits per heavy atom. The number of aryl methyl sites for hydroxylation is 2. The lowest BCUT2D eigenvalue weighted by atomic mass is 10.1. The van der Waals surface area contributed by atoms with Crippen molar-refractivity contribution in [2.24, 2.45) is 7.05 Å². The van der Waals surface area contributed by atoms with Gasteiger partial charge in [0.2, 0.25) is 0 Å². The average Bonchev–Trinajstić information content (AvgIpc) is 2.93. The van der Waals surface area contributed by atoms with E-state index in [2.05, 4.69) is 23.4 Å². The maximum absolute atomic E-state index is 6.20. The molecular formula is C13H18ClN3S. The van der Waals surface area contributed by atoms with E-state index in [0.29, 0.717) is 0 Å². The van der Waals surface area contributed by atoms with Crippen molar-refractivity contribution in [1.82, 2.24) is 15.1 Å². The van der Waals surface area contributed by atoms with Crippen molar-refractivity contribution in [2.75, 3.05) is 7.05 Å². The monoisotopic (exact) mass is 283 g/mol. The van der Waals surface area contributed by atoms with Gasteiger partial charge in [-0.05, 0) is 31.0 Å². The summed E-state index contributed by atoms with van der Waals surface area (Å²) < 4.78 is 1.96. The van der Waals surface area contributed by atoms with Crippen molar-refractivity contribution in [2.45, 2.75) is 25.8 Å². The largest absolute Gasteiger partial charge is 0.312 e. The molecule has 0 radical (unpaired) electrons. The molecule has 0 saturated carbocycles. The summed E-state index contributed by atoms with van der Waals surface area (Å²) in [5.74, 6) is 0. The van der Waals surface area contributed by atoms with E-state index in [1.807, 2.05) is 30.2 Å². The fourth-order valence-electron chi connectivity index (χ4n) is 2.02. The van der Waals surface area contributed by atoms with Gasteiger partial charge < -0.3 is 5.32 Å². The minimum Gasteiger partial charge on any atom is -0.312 e. The van der Waals surface area contributed by atoms with Crippen LogP contribution in [0.4, 0.5) is 0 Å². The SMILES string of the molecule is CCc1cc(CC(NC)c2sccc2Cl)n(C)n1. The zero-order valence-electron chi connectivity index (χ0n) is 10.9. The lowest BCUT2D eigenvalue weighted by Crippen LogP contribution is -2.19. The van der Waals surface area contributed by atoms with Gasteiger partial charge in [-0.2, -0.15) is 5.10 Å². The third-order valence-corrected chi connectivity index (χ3v) is 4.58. The minimum atomic E-state index is 0.248. The van der Waals surface area contributed by atoms with Gasteiger partial charge in [0, 0.05) is 30.1 Å². The van der Waals surface area contributed by atoms with E-state index in [0.717, 1.165) is 23.6 Å².